The van der Waals surface area contributed by atoms with Gasteiger partial charge in [-0.3, -0.25) is 4.79 Å². The van der Waals surface area contributed by atoms with Crippen LogP contribution in [0.4, 0.5) is 5.69 Å². The van der Waals surface area contributed by atoms with Crippen molar-refractivity contribution in [3.8, 4) is 0 Å². The predicted octanol–water partition coefficient (Wildman–Crippen LogP) is 4.62. The highest BCUT2D eigenvalue weighted by Crippen LogP contribution is 2.17. The zero-order chi connectivity index (χ0) is 13.2. The van der Waals surface area contributed by atoms with Gasteiger partial charge < -0.3 is 5.32 Å². The maximum atomic E-state index is 12.1. The lowest BCUT2D eigenvalue weighted by Gasteiger charge is -2.14. The van der Waals surface area contributed by atoms with Crippen molar-refractivity contribution in [2.45, 2.75) is 52.4 Å². The van der Waals surface area contributed by atoms with E-state index in [2.05, 4.69) is 19.2 Å². The average molecular weight is 247 g/mol. The Morgan fingerprint density at radius 3 is 2.44 bits per heavy atom. The van der Waals surface area contributed by atoms with Crippen molar-refractivity contribution in [1.82, 2.24) is 0 Å². The van der Waals surface area contributed by atoms with E-state index < -0.39 is 0 Å². The fourth-order valence-electron chi connectivity index (χ4n) is 2.10. The van der Waals surface area contributed by atoms with E-state index in [4.69, 9.17) is 0 Å². The Morgan fingerprint density at radius 2 is 1.83 bits per heavy atom. The second-order valence-corrected chi connectivity index (χ2v) is 4.81. The van der Waals surface area contributed by atoms with Crippen molar-refractivity contribution in [2.24, 2.45) is 5.92 Å². The number of carbonyl (C=O) groups excluding carboxylic acids is 1. The molecule has 0 heterocycles. The molecule has 18 heavy (non-hydrogen) atoms. The zero-order valence-electron chi connectivity index (χ0n) is 11.6. The lowest BCUT2D eigenvalue weighted by molar-refractivity contribution is -0.120. The van der Waals surface area contributed by atoms with E-state index in [-0.39, 0.29) is 11.8 Å². The van der Waals surface area contributed by atoms with Crippen molar-refractivity contribution in [2.75, 3.05) is 5.32 Å². The number of hydrogen-bond donors (Lipinski definition) is 1. The highest BCUT2D eigenvalue weighted by molar-refractivity contribution is 5.92. The summed E-state index contributed by atoms with van der Waals surface area (Å²) in [6.45, 7) is 4.30. The Bertz CT molecular complexity index is 334. The molecule has 0 aliphatic rings. The highest BCUT2D eigenvalue weighted by atomic mass is 16.1. The third-order valence-electron chi connectivity index (χ3n) is 3.31. The van der Waals surface area contributed by atoms with Crippen molar-refractivity contribution >= 4 is 11.6 Å². The summed E-state index contributed by atoms with van der Waals surface area (Å²) in [6, 6.07) is 9.71. The Morgan fingerprint density at radius 1 is 1.11 bits per heavy atom. The number of rotatable bonds is 8. The van der Waals surface area contributed by atoms with Gasteiger partial charge in [0, 0.05) is 11.6 Å². The van der Waals surface area contributed by atoms with E-state index >= 15 is 0 Å². The molecule has 0 spiro atoms. The highest BCUT2D eigenvalue weighted by Gasteiger charge is 2.15. The van der Waals surface area contributed by atoms with Gasteiger partial charge in [-0.1, -0.05) is 57.7 Å². The molecule has 0 saturated heterocycles. The second-order valence-electron chi connectivity index (χ2n) is 4.81. The molecule has 1 aromatic carbocycles. The minimum atomic E-state index is 0.155. The van der Waals surface area contributed by atoms with Gasteiger partial charge in [0.1, 0.15) is 0 Å². The van der Waals surface area contributed by atoms with Gasteiger partial charge >= 0.3 is 0 Å². The fraction of sp³-hybridized carbons (Fsp3) is 0.562. The molecule has 0 bridgehead atoms. The number of anilines is 1. The van der Waals surface area contributed by atoms with Crippen molar-refractivity contribution in [3.63, 3.8) is 0 Å². The quantitative estimate of drug-likeness (QED) is 0.667. The van der Waals surface area contributed by atoms with Crippen molar-refractivity contribution in [3.05, 3.63) is 30.3 Å². The first-order valence-electron chi connectivity index (χ1n) is 7.13. The molecule has 0 aromatic heterocycles. The molecule has 1 amide bonds. The van der Waals surface area contributed by atoms with Crippen LogP contribution >= 0.6 is 0 Å². The third kappa shape index (κ3) is 5.35. The van der Waals surface area contributed by atoms with Gasteiger partial charge in [0.05, 0.1) is 0 Å². The molecular weight excluding hydrogens is 222 g/mol. The predicted molar refractivity (Wildman–Crippen MR) is 77.6 cm³/mol. The van der Waals surface area contributed by atoms with Crippen LogP contribution in [0.3, 0.4) is 0 Å². The normalized spacial score (nSPS) is 12.1. The topological polar surface area (TPSA) is 29.1 Å². The van der Waals surface area contributed by atoms with Gasteiger partial charge in [0.25, 0.3) is 0 Å². The summed E-state index contributed by atoms with van der Waals surface area (Å²) in [5.74, 6) is 0.322. The molecule has 1 N–H and O–H groups in total. The van der Waals surface area contributed by atoms with Crippen molar-refractivity contribution in [1.29, 1.82) is 0 Å². The number of nitrogens with one attached hydrogen (secondary N) is 1. The van der Waals surface area contributed by atoms with Crippen LogP contribution in [0.2, 0.25) is 0 Å². The molecule has 100 valence electrons. The fourth-order valence-corrected chi connectivity index (χ4v) is 2.10. The summed E-state index contributed by atoms with van der Waals surface area (Å²) in [6.07, 6.45) is 6.85. The number of amides is 1. The van der Waals surface area contributed by atoms with E-state index in [0.29, 0.717) is 0 Å². The molecule has 0 saturated carbocycles. The van der Waals surface area contributed by atoms with Crippen LogP contribution in [0.5, 0.6) is 0 Å². The molecule has 2 nitrogen and oxygen atoms in total. The Balaban J connectivity index is 2.37. The Hall–Kier alpha value is -1.31. The van der Waals surface area contributed by atoms with Gasteiger partial charge in [-0.25, -0.2) is 0 Å². The lowest BCUT2D eigenvalue weighted by atomic mass is 9.97. The largest absolute Gasteiger partial charge is 0.326 e. The monoisotopic (exact) mass is 247 g/mol. The van der Waals surface area contributed by atoms with Gasteiger partial charge in [0.2, 0.25) is 5.91 Å². The summed E-state index contributed by atoms with van der Waals surface area (Å²) in [5.41, 5.74) is 0.898. The summed E-state index contributed by atoms with van der Waals surface area (Å²) in [5, 5.41) is 2.99. The summed E-state index contributed by atoms with van der Waals surface area (Å²) < 4.78 is 0. The molecule has 0 fully saturated rings. The molecule has 0 aliphatic carbocycles. The minimum absolute atomic E-state index is 0.155. The Labute approximate surface area is 111 Å². The summed E-state index contributed by atoms with van der Waals surface area (Å²) >= 11 is 0. The van der Waals surface area contributed by atoms with Gasteiger partial charge in [0.15, 0.2) is 0 Å². The Kier molecular flexibility index (Phi) is 7.16. The summed E-state index contributed by atoms with van der Waals surface area (Å²) in [7, 11) is 0. The molecule has 0 radical (unpaired) electrons. The lowest BCUT2D eigenvalue weighted by Crippen LogP contribution is -2.22. The van der Waals surface area contributed by atoms with Gasteiger partial charge in [-0.15, -0.1) is 0 Å². The van der Waals surface area contributed by atoms with E-state index in [0.717, 1.165) is 24.9 Å². The zero-order valence-corrected chi connectivity index (χ0v) is 11.6. The first kappa shape index (κ1) is 14.7. The van der Waals surface area contributed by atoms with Crippen LogP contribution < -0.4 is 5.32 Å². The van der Waals surface area contributed by atoms with E-state index in [1.165, 1.54) is 19.3 Å². The maximum absolute atomic E-state index is 12.1. The maximum Gasteiger partial charge on any atom is 0.227 e. The van der Waals surface area contributed by atoms with Crippen LogP contribution in [-0.2, 0) is 4.79 Å². The van der Waals surface area contributed by atoms with Gasteiger partial charge in [-0.05, 0) is 25.0 Å². The number of carbonyl (C=O) groups is 1. The second kappa shape index (κ2) is 8.73. The molecule has 0 aliphatic heterocycles. The average Bonchev–Trinajstić information content (AvgIpc) is 2.40. The molecule has 1 atom stereocenters. The number of benzene rings is 1. The smallest absolute Gasteiger partial charge is 0.227 e. The number of unbranched alkanes of at least 4 members (excludes halogenated alkanes) is 3. The van der Waals surface area contributed by atoms with Crippen LogP contribution in [0.1, 0.15) is 52.4 Å². The first-order chi connectivity index (χ1) is 8.77. The SMILES string of the molecule is CCCCCCC(CC)C(=O)Nc1ccccc1. The summed E-state index contributed by atoms with van der Waals surface area (Å²) in [4.78, 5) is 12.1. The van der Waals surface area contributed by atoms with Crippen LogP contribution in [0.25, 0.3) is 0 Å². The van der Waals surface area contributed by atoms with Crippen LogP contribution in [0.15, 0.2) is 30.3 Å². The number of hydrogen-bond acceptors (Lipinski definition) is 1. The van der Waals surface area contributed by atoms with E-state index in [1.807, 2.05) is 30.3 Å². The van der Waals surface area contributed by atoms with Crippen LogP contribution in [-0.4, -0.2) is 5.91 Å². The molecule has 1 rings (SSSR count). The van der Waals surface area contributed by atoms with Crippen LogP contribution in [0, 0.1) is 5.92 Å². The molecule has 1 aromatic rings. The van der Waals surface area contributed by atoms with Crippen molar-refractivity contribution < 1.29 is 4.79 Å². The third-order valence-corrected chi connectivity index (χ3v) is 3.31. The van der Waals surface area contributed by atoms with E-state index in [1.54, 1.807) is 0 Å². The first-order valence-corrected chi connectivity index (χ1v) is 7.13. The molecule has 2 heteroatoms. The number of para-hydroxylation sites is 1. The minimum Gasteiger partial charge on any atom is -0.326 e. The standard InChI is InChI=1S/C16H25NO/c1-3-5-6-8-11-14(4-2)16(18)17-15-12-9-7-10-13-15/h7,9-10,12-14H,3-6,8,11H2,1-2H3,(H,17,18). The molecular formula is C16H25NO. The van der Waals surface area contributed by atoms with E-state index in [9.17, 15) is 4.79 Å². The molecule has 1 unspecified atom stereocenters. The van der Waals surface area contributed by atoms with Gasteiger partial charge in [-0.2, -0.15) is 0 Å².